The van der Waals surface area contributed by atoms with E-state index >= 15 is 0 Å². The Morgan fingerprint density at radius 1 is 1.26 bits per heavy atom. The third-order valence-electron chi connectivity index (χ3n) is 2.72. The van der Waals surface area contributed by atoms with Gasteiger partial charge in [0.05, 0.1) is 11.6 Å². The summed E-state index contributed by atoms with van der Waals surface area (Å²) in [7, 11) is 0. The van der Waals surface area contributed by atoms with E-state index in [4.69, 9.17) is 10.3 Å². The van der Waals surface area contributed by atoms with Crippen molar-refractivity contribution < 1.29 is 4.52 Å². The molecule has 2 aromatic heterocycles. The molecule has 6 heteroatoms. The number of hydrogen-bond acceptors (Lipinski definition) is 6. The Balaban J connectivity index is 1.76. The first-order valence-electron chi connectivity index (χ1n) is 5.84. The summed E-state index contributed by atoms with van der Waals surface area (Å²) in [5.74, 6) is 0.923. The molecule has 96 valence electrons. The average Bonchev–Trinajstić information content (AvgIpc) is 3.11. The third-order valence-corrected chi connectivity index (χ3v) is 3.31. The van der Waals surface area contributed by atoms with E-state index in [-0.39, 0.29) is 6.04 Å². The highest BCUT2D eigenvalue weighted by atomic mass is 32.1. The largest absolute Gasteiger partial charge is 0.337 e. The van der Waals surface area contributed by atoms with E-state index in [0.29, 0.717) is 23.8 Å². The van der Waals surface area contributed by atoms with Crippen molar-refractivity contribution in [1.29, 1.82) is 0 Å². The van der Waals surface area contributed by atoms with Crippen LogP contribution in [-0.2, 0) is 6.42 Å². The molecule has 0 saturated carbocycles. The minimum absolute atomic E-state index is 0.303. The normalized spacial score (nSPS) is 12.5. The molecular weight excluding hydrogens is 260 g/mol. The molecule has 19 heavy (non-hydrogen) atoms. The molecule has 0 bridgehead atoms. The van der Waals surface area contributed by atoms with E-state index < -0.39 is 0 Å². The Morgan fingerprint density at radius 3 is 2.84 bits per heavy atom. The monoisotopic (exact) mass is 272 g/mol. The summed E-state index contributed by atoms with van der Waals surface area (Å²) < 4.78 is 5.20. The molecule has 1 unspecified atom stereocenters. The van der Waals surface area contributed by atoms with E-state index in [0.717, 1.165) is 5.56 Å². The van der Waals surface area contributed by atoms with Crippen LogP contribution in [0.2, 0.25) is 0 Å². The van der Waals surface area contributed by atoms with Crippen molar-refractivity contribution in [3.63, 3.8) is 0 Å². The van der Waals surface area contributed by atoms with Gasteiger partial charge in [-0.3, -0.25) is 0 Å². The number of nitrogens with zero attached hydrogens (tertiary/aromatic N) is 3. The molecule has 2 heterocycles. The minimum Gasteiger partial charge on any atom is -0.337 e. The molecular formula is C13H12N4OS. The fourth-order valence-electron chi connectivity index (χ4n) is 1.77. The van der Waals surface area contributed by atoms with Gasteiger partial charge in [0.25, 0.3) is 0 Å². The standard InChI is InChI=1S/C13H12N4OS/c14-10(6-9-4-2-1-3-5-9)13-16-12(17-18-13)11-7-19-8-15-11/h1-5,7-8,10H,6,14H2. The second-order valence-electron chi connectivity index (χ2n) is 4.13. The van der Waals surface area contributed by atoms with Crippen LogP contribution in [0.3, 0.4) is 0 Å². The van der Waals surface area contributed by atoms with Crippen LogP contribution in [0.4, 0.5) is 0 Å². The summed E-state index contributed by atoms with van der Waals surface area (Å²) >= 11 is 1.49. The van der Waals surface area contributed by atoms with Gasteiger partial charge in [0, 0.05) is 5.38 Å². The fourth-order valence-corrected chi connectivity index (χ4v) is 2.30. The van der Waals surface area contributed by atoms with Crippen molar-refractivity contribution in [1.82, 2.24) is 15.1 Å². The van der Waals surface area contributed by atoms with Crippen LogP contribution in [0.1, 0.15) is 17.5 Å². The number of rotatable bonds is 4. The van der Waals surface area contributed by atoms with Crippen molar-refractivity contribution in [3.8, 4) is 11.5 Å². The Kier molecular flexibility index (Phi) is 3.35. The molecule has 0 aliphatic carbocycles. The topological polar surface area (TPSA) is 77.8 Å². The molecule has 1 atom stereocenters. The predicted molar refractivity (Wildman–Crippen MR) is 72.5 cm³/mol. The first-order chi connectivity index (χ1) is 9.33. The summed E-state index contributed by atoms with van der Waals surface area (Å²) in [5.41, 5.74) is 9.67. The fraction of sp³-hybridized carbons (Fsp3) is 0.154. The molecule has 2 N–H and O–H groups in total. The summed E-state index contributed by atoms with van der Waals surface area (Å²) in [6.07, 6.45) is 0.666. The lowest BCUT2D eigenvalue weighted by molar-refractivity contribution is 0.354. The maximum Gasteiger partial charge on any atom is 0.244 e. The summed E-state index contributed by atoms with van der Waals surface area (Å²) in [6.45, 7) is 0. The minimum atomic E-state index is -0.303. The van der Waals surface area contributed by atoms with Gasteiger partial charge in [0.15, 0.2) is 0 Å². The number of hydrogen-bond donors (Lipinski definition) is 1. The molecule has 5 nitrogen and oxygen atoms in total. The zero-order chi connectivity index (χ0) is 13.1. The molecule has 1 aromatic carbocycles. The van der Waals surface area contributed by atoms with E-state index in [1.54, 1.807) is 5.51 Å². The predicted octanol–water partition coefficient (Wildman–Crippen LogP) is 2.44. The lowest BCUT2D eigenvalue weighted by Gasteiger charge is -2.05. The van der Waals surface area contributed by atoms with Gasteiger partial charge in [-0.2, -0.15) is 4.98 Å². The number of aromatic nitrogens is 3. The Morgan fingerprint density at radius 2 is 2.11 bits per heavy atom. The van der Waals surface area contributed by atoms with E-state index in [2.05, 4.69) is 15.1 Å². The maximum atomic E-state index is 6.08. The molecule has 0 saturated heterocycles. The molecule has 0 amide bonds. The van der Waals surface area contributed by atoms with Gasteiger partial charge in [-0.15, -0.1) is 11.3 Å². The second-order valence-corrected chi connectivity index (χ2v) is 4.84. The summed E-state index contributed by atoms with van der Waals surface area (Å²) in [4.78, 5) is 8.43. The zero-order valence-corrected chi connectivity index (χ0v) is 10.9. The first kappa shape index (κ1) is 12.0. The highest BCUT2D eigenvalue weighted by molar-refractivity contribution is 7.07. The van der Waals surface area contributed by atoms with Gasteiger partial charge in [0.1, 0.15) is 5.69 Å². The van der Waals surface area contributed by atoms with Crippen LogP contribution in [-0.4, -0.2) is 15.1 Å². The van der Waals surface area contributed by atoms with Gasteiger partial charge in [0.2, 0.25) is 11.7 Å². The third kappa shape index (κ3) is 2.69. The molecule has 0 aliphatic rings. The molecule has 0 spiro atoms. The molecule has 0 aliphatic heterocycles. The summed E-state index contributed by atoms with van der Waals surface area (Å²) in [5, 5.41) is 5.77. The van der Waals surface area contributed by atoms with Crippen LogP contribution in [0.15, 0.2) is 45.7 Å². The van der Waals surface area contributed by atoms with Crippen LogP contribution in [0.25, 0.3) is 11.5 Å². The van der Waals surface area contributed by atoms with Gasteiger partial charge >= 0.3 is 0 Å². The molecule has 3 aromatic rings. The van der Waals surface area contributed by atoms with Crippen LogP contribution < -0.4 is 5.73 Å². The van der Waals surface area contributed by atoms with Gasteiger partial charge in [-0.1, -0.05) is 35.5 Å². The Hall–Kier alpha value is -2.05. The number of benzene rings is 1. The highest BCUT2D eigenvalue weighted by Crippen LogP contribution is 2.19. The van der Waals surface area contributed by atoms with Crippen molar-refractivity contribution in [2.75, 3.05) is 0 Å². The zero-order valence-electron chi connectivity index (χ0n) is 10.1. The number of thiazole rings is 1. The number of nitrogens with two attached hydrogens (primary N) is 1. The van der Waals surface area contributed by atoms with E-state index in [1.165, 1.54) is 11.3 Å². The second kappa shape index (κ2) is 5.29. The SMILES string of the molecule is NC(Cc1ccccc1)c1nc(-c2cscn2)no1. The molecule has 0 fully saturated rings. The average molecular weight is 272 g/mol. The smallest absolute Gasteiger partial charge is 0.244 e. The van der Waals surface area contributed by atoms with Crippen molar-refractivity contribution >= 4 is 11.3 Å². The van der Waals surface area contributed by atoms with Gasteiger partial charge < -0.3 is 10.3 Å². The first-order valence-corrected chi connectivity index (χ1v) is 6.79. The van der Waals surface area contributed by atoms with Crippen LogP contribution in [0, 0.1) is 0 Å². The quantitative estimate of drug-likeness (QED) is 0.789. The van der Waals surface area contributed by atoms with Crippen LogP contribution in [0.5, 0.6) is 0 Å². The maximum absolute atomic E-state index is 6.08. The highest BCUT2D eigenvalue weighted by Gasteiger charge is 2.16. The van der Waals surface area contributed by atoms with Crippen molar-refractivity contribution in [2.24, 2.45) is 5.73 Å². The van der Waals surface area contributed by atoms with Crippen molar-refractivity contribution in [3.05, 3.63) is 52.7 Å². The lowest BCUT2D eigenvalue weighted by Crippen LogP contribution is -2.13. The summed E-state index contributed by atoms with van der Waals surface area (Å²) in [6, 6.07) is 9.69. The Bertz CT molecular complexity index is 636. The van der Waals surface area contributed by atoms with E-state index in [9.17, 15) is 0 Å². The van der Waals surface area contributed by atoms with Crippen LogP contribution >= 0.6 is 11.3 Å². The Labute approximate surface area is 114 Å². The molecule has 3 rings (SSSR count). The van der Waals surface area contributed by atoms with E-state index in [1.807, 2.05) is 35.7 Å². The van der Waals surface area contributed by atoms with Gasteiger partial charge in [-0.05, 0) is 12.0 Å². The molecule has 0 radical (unpaired) electrons. The van der Waals surface area contributed by atoms with Crippen molar-refractivity contribution in [2.45, 2.75) is 12.5 Å². The lowest BCUT2D eigenvalue weighted by atomic mass is 10.1. The van der Waals surface area contributed by atoms with Gasteiger partial charge in [-0.25, -0.2) is 4.98 Å².